The van der Waals surface area contributed by atoms with Gasteiger partial charge in [0.1, 0.15) is 6.26 Å². The van der Waals surface area contributed by atoms with Gasteiger partial charge in [-0.15, -0.1) is 11.3 Å². The molecule has 50 valence electrons. The van der Waals surface area contributed by atoms with Gasteiger partial charge in [-0.3, -0.25) is 0 Å². The third-order valence-electron chi connectivity index (χ3n) is 1.16. The summed E-state index contributed by atoms with van der Waals surface area (Å²) in [7, 11) is 0. The SMILES string of the molecule is c1nc(-c2cnoc2)cs1. The van der Waals surface area contributed by atoms with E-state index in [1.54, 1.807) is 29.3 Å². The normalized spacial score (nSPS) is 10.0. The van der Waals surface area contributed by atoms with Crippen molar-refractivity contribution in [1.82, 2.24) is 10.1 Å². The number of nitrogens with zero attached hydrogens (tertiary/aromatic N) is 2. The van der Waals surface area contributed by atoms with E-state index >= 15 is 0 Å². The van der Waals surface area contributed by atoms with E-state index in [2.05, 4.69) is 14.7 Å². The molecule has 0 spiro atoms. The van der Waals surface area contributed by atoms with Gasteiger partial charge in [0.15, 0.2) is 0 Å². The van der Waals surface area contributed by atoms with E-state index in [1.165, 1.54) is 0 Å². The van der Waals surface area contributed by atoms with E-state index in [-0.39, 0.29) is 0 Å². The van der Waals surface area contributed by atoms with E-state index in [1.807, 2.05) is 5.38 Å². The second kappa shape index (κ2) is 2.22. The van der Waals surface area contributed by atoms with Crippen LogP contribution in [-0.2, 0) is 0 Å². The van der Waals surface area contributed by atoms with Gasteiger partial charge in [-0.1, -0.05) is 5.16 Å². The summed E-state index contributed by atoms with van der Waals surface area (Å²) in [6.07, 6.45) is 3.23. The summed E-state index contributed by atoms with van der Waals surface area (Å²) in [5, 5.41) is 5.52. The van der Waals surface area contributed by atoms with Gasteiger partial charge in [0, 0.05) is 5.38 Å². The molecule has 0 unspecified atom stereocenters. The fraction of sp³-hybridized carbons (Fsp3) is 0. The van der Waals surface area contributed by atoms with Crippen molar-refractivity contribution in [1.29, 1.82) is 0 Å². The average Bonchev–Trinajstić information content (AvgIpc) is 2.59. The van der Waals surface area contributed by atoms with E-state index in [0.29, 0.717) is 0 Å². The lowest BCUT2D eigenvalue weighted by atomic mass is 10.3. The van der Waals surface area contributed by atoms with E-state index in [4.69, 9.17) is 0 Å². The van der Waals surface area contributed by atoms with Crippen molar-refractivity contribution in [3.05, 3.63) is 23.4 Å². The minimum Gasteiger partial charge on any atom is -0.364 e. The lowest BCUT2D eigenvalue weighted by molar-refractivity contribution is 0.420. The van der Waals surface area contributed by atoms with Gasteiger partial charge < -0.3 is 4.52 Å². The zero-order valence-corrected chi connectivity index (χ0v) is 5.84. The van der Waals surface area contributed by atoms with Crippen LogP contribution in [0.1, 0.15) is 0 Å². The molecule has 0 aliphatic rings. The molecule has 0 aromatic carbocycles. The number of hydrogen-bond donors (Lipinski definition) is 0. The Morgan fingerprint density at radius 1 is 1.50 bits per heavy atom. The van der Waals surface area contributed by atoms with Gasteiger partial charge in [-0.2, -0.15) is 0 Å². The van der Waals surface area contributed by atoms with Crippen molar-refractivity contribution in [2.45, 2.75) is 0 Å². The minimum absolute atomic E-state index is 0.922. The van der Waals surface area contributed by atoms with Crippen molar-refractivity contribution in [2.75, 3.05) is 0 Å². The predicted molar refractivity (Wildman–Crippen MR) is 37.6 cm³/mol. The molecular formula is C6H4N2OS. The molecule has 0 radical (unpaired) electrons. The number of hydrogen-bond acceptors (Lipinski definition) is 4. The van der Waals surface area contributed by atoms with Crippen LogP contribution in [0, 0.1) is 0 Å². The largest absolute Gasteiger partial charge is 0.364 e. The summed E-state index contributed by atoms with van der Waals surface area (Å²) in [6.45, 7) is 0. The summed E-state index contributed by atoms with van der Waals surface area (Å²) < 4.78 is 4.65. The maximum absolute atomic E-state index is 4.65. The molecule has 2 rings (SSSR count). The molecule has 4 heteroatoms. The molecule has 2 heterocycles. The maximum Gasteiger partial charge on any atom is 0.133 e. The third kappa shape index (κ3) is 0.823. The standard InChI is InChI=1S/C6H4N2OS/c1-5(2-9-8-1)6-3-10-4-7-6/h1-4H. The average molecular weight is 152 g/mol. The Labute approximate surface area is 61.3 Å². The summed E-state index contributed by atoms with van der Waals surface area (Å²) in [4.78, 5) is 4.08. The minimum atomic E-state index is 0.922. The molecule has 2 aromatic heterocycles. The Morgan fingerprint density at radius 3 is 3.10 bits per heavy atom. The molecule has 2 aromatic rings. The maximum atomic E-state index is 4.65. The van der Waals surface area contributed by atoms with Crippen LogP contribution in [0.5, 0.6) is 0 Å². The van der Waals surface area contributed by atoms with Crippen molar-refractivity contribution in [3.63, 3.8) is 0 Å². The van der Waals surface area contributed by atoms with Gasteiger partial charge in [-0.25, -0.2) is 4.98 Å². The molecule has 0 aliphatic heterocycles. The second-order valence-electron chi connectivity index (χ2n) is 1.79. The molecule has 3 nitrogen and oxygen atoms in total. The smallest absolute Gasteiger partial charge is 0.133 e. The first-order chi connectivity index (χ1) is 4.97. The van der Waals surface area contributed by atoms with Crippen molar-refractivity contribution < 1.29 is 4.52 Å². The molecular weight excluding hydrogens is 148 g/mol. The Hall–Kier alpha value is -1.16. The van der Waals surface area contributed by atoms with Crippen LogP contribution in [0.25, 0.3) is 11.3 Å². The predicted octanol–water partition coefficient (Wildman–Crippen LogP) is 1.80. The summed E-state index contributed by atoms with van der Waals surface area (Å²) >= 11 is 1.56. The first-order valence-corrected chi connectivity index (χ1v) is 3.69. The Morgan fingerprint density at radius 2 is 2.50 bits per heavy atom. The first kappa shape index (κ1) is 5.61. The molecule has 10 heavy (non-hydrogen) atoms. The van der Waals surface area contributed by atoms with Gasteiger partial charge in [0.25, 0.3) is 0 Å². The Kier molecular flexibility index (Phi) is 1.25. The summed E-state index contributed by atoms with van der Waals surface area (Å²) in [5.74, 6) is 0. The topological polar surface area (TPSA) is 38.9 Å². The number of rotatable bonds is 1. The highest BCUT2D eigenvalue weighted by atomic mass is 32.1. The second-order valence-corrected chi connectivity index (χ2v) is 2.51. The van der Waals surface area contributed by atoms with Gasteiger partial charge in [-0.05, 0) is 0 Å². The van der Waals surface area contributed by atoms with Crippen LogP contribution in [-0.4, -0.2) is 10.1 Å². The first-order valence-electron chi connectivity index (χ1n) is 2.75. The van der Waals surface area contributed by atoms with Crippen LogP contribution in [0.3, 0.4) is 0 Å². The fourth-order valence-corrected chi connectivity index (χ4v) is 1.25. The summed E-state index contributed by atoms with van der Waals surface area (Å²) in [5.41, 5.74) is 3.63. The number of aromatic nitrogens is 2. The van der Waals surface area contributed by atoms with Crippen LogP contribution in [0.4, 0.5) is 0 Å². The lowest BCUT2D eigenvalue weighted by Crippen LogP contribution is -1.68. The van der Waals surface area contributed by atoms with Gasteiger partial charge in [0.2, 0.25) is 0 Å². The van der Waals surface area contributed by atoms with Crippen LogP contribution in [0.15, 0.2) is 27.9 Å². The lowest BCUT2D eigenvalue weighted by Gasteiger charge is -1.80. The van der Waals surface area contributed by atoms with Crippen molar-refractivity contribution in [2.24, 2.45) is 0 Å². The van der Waals surface area contributed by atoms with E-state index in [0.717, 1.165) is 11.3 Å². The molecule has 0 saturated carbocycles. The highest BCUT2D eigenvalue weighted by molar-refractivity contribution is 7.07. The third-order valence-corrected chi connectivity index (χ3v) is 1.75. The fourth-order valence-electron chi connectivity index (χ4n) is 0.686. The molecule has 0 atom stereocenters. The zero-order valence-electron chi connectivity index (χ0n) is 5.02. The molecule has 0 aliphatic carbocycles. The molecule has 0 amide bonds. The molecule has 0 fully saturated rings. The molecule has 0 bridgehead atoms. The quantitative estimate of drug-likeness (QED) is 0.625. The van der Waals surface area contributed by atoms with Gasteiger partial charge >= 0.3 is 0 Å². The number of thiazole rings is 1. The highest BCUT2D eigenvalue weighted by Gasteiger charge is 1.99. The Balaban J connectivity index is 2.48. The van der Waals surface area contributed by atoms with Crippen LogP contribution < -0.4 is 0 Å². The van der Waals surface area contributed by atoms with Crippen LogP contribution >= 0.6 is 11.3 Å². The Bertz CT molecular complexity index is 255. The van der Waals surface area contributed by atoms with Gasteiger partial charge in [0.05, 0.1) is 23.0 Å². The zero-order chi connectivity index (χ0) is 6.81. The van der Waals surface area contributed by atoms with Crippen LogP contribution in [0.2, 0.25) is 0 Å². The monoisotopic (exact) mass is 152 g/mol. The van der Waals surface area contributed by atoms with E-state index in [9.17, 15) is 0 Å². The molecule has 0 saturated heterocycles. The van der Waals surface area contributed by atoms with Crippen molar-refractivity contribution in [3.8, 4) is 11.3 Å². The van der Waals surface area contributed by atoms with E-state index < -0.39 is 0 Å². The highest BCUT2D eigenvalue weighted by Crippen LogP contribution is 2.16. The van der Waals surface area contributed by atoms with Crippen molar-refractivity contribution >= 4 is 11.3 Å². The molecule has 0 N–H and O–H groups in total. The summed E-state index contributed by atoms with van der Waals surface area (Å²) in [6, 6.07) is 0.